The molecule has 1 aromatic rings. The Morgan fingerprint density at radius 3 is 2.88 bits per heavy atom. The minimum absolute atomic E-state index is 0.0344. The second-order valence-corrected chi connectivity index (χ2v) is 4.15. The smallest absolute Gasteiger partial charge is 0.301 e. The van der Waals surface area contributed by atoms with Crippen molar-refractivity contribution in [1.29, 1.82) is 0 Å². The number of aryl methyl sites for hydroxylation is 1. The lowest BCUT2D eigenvalue weighted by atomic mass is 10.2. The lowest BCUT2D eigenvalue weighted by Crippen LogP contribution is -2.31. The van der Waals surface area contributed by atoms with Crippen LogP contribution in [0.15, 0.2) is 10.5 Å². The van der Waals surface area contributed by atoms with Gasteiger partial charge < -0.3 is 9.52 Å². The van der Waals surface area contributed by atoms with E-state index in [0.717, 1.165) is 5.56 Å². The van der Waals surface area contributed by atoms with Crippen LogP contribution in [0.25, 0.3) is 0 Å². The fourth-order valence-electron chi connectivity index (χ4n) is 1.46. The Bertz CT molecular complexity index is 389. The second kappa shape index (κ2) is 5.81. The molecule has 1 unspecified atom stereocenters. The van der Waals surface area contributed by atoms with Gasteiger partial charge in [0, 0.05) is 11.6 Å². The summed E-state index contributed by atoms with van der Waals surface area (Å²) in [7, 11) is 1.88. The third-order valence-electron chi connectivity index (χ3n) is 2.73. The molecule has 0 saturated carbocycles. The first kappa shape index (κ1) is 13.7. The molecule has 0 saturated heterocycles. The molecule has 0 aliphatic heterocycles. The third-order valence-corrected chi connectivity index (χ3v) is 2.73. The number of hydrogen-bond acceptors (Lipinski definition) is 5. The van der Waals surface area contributed by atoms with Crippen molar-refractivity contribution in [3.8, 4) is 0 Å². The van der Waals surface area contributed by atoms with E-state index in [0.29, 0.717) is 12.3 Å². The Hall–Kier alpha value is -1.37. The minimum atomic E-state index is -0.438. The predicted octanol–water partition coefficient (Wildman–Crippen LogP) is 0.00412. The van der Waals surface area contributed by atoms with Crippen molar-refractivity contribution in [2.45, 2.75) is 26.4 Å². The summed E-state index contributed by atoms with van der Waals surface area (Å²) in [4.78, 5) is 13.3. The number of hydrogen-bond donors (Lipinski definition) is 3. The molecule has 0 aromatic carbocycles. The van der Waals surface area contributed by atoms with Crippen LogP contribution in [-0.2, 0) is 6.54 Å². The Morgan fingerprint density at radius 2 is 2.35 bits per heavy atom. The van der Waals surface area contributed by atoms with Crippen LogP contribution in [0.5, 0.6) is 0 Å². The number of carbonyl (C=O) groups is 1. The van der Waals surface area contributed by atoms with Gasteiger partial charge in [-0.2, -0.15) is 0 Å². The fourth-order valence-corrected chi connectivity index (χ4v) is 1.46. The van der Waals surface area contributed by atoms with E-state index in [1.165, 1.54) is 0 Å². The number of amides is 1. The number of rotatable bonds is 5. The molecule has 1 rings (SSSR count). The largest absolute Gasteiger partial charge is 0.454 e. The number of aliphatic hydroxyl groups excluding tert-OH is 1. The highest BCUT2D eigenvalue weighted by atomic mass is 16.4. The first-order chi connectivity index (χ1) is 7.99. The van der Waals surface area contributed by atoms with Crippen LogP contribution >= 0.6 is 0 Å². The molecule has 17 heavy (non-hydrogen) atoms. The molecule has 1 aromatic heterocycles. The molecule has 1 amide bonds. The summed E-state index contributed by atoms with van der Waals surface area (Å²) in [6.45, 7) is 4.29. The van der Waals surface area contributed by atoms with Gasteiger partial charge in [-0.3, -0.25) is 15.1 Å². The van der Waals surface area contributed by atoms with Gasteiger partial charge in [-0.05, 0) is 27.0 Å². The molecular weight excluding hydrogens is 222 g/mol. The van der Waals surface area contributed by atoms with E-state index in [1.807, 2.05) is 24.3 Å². The van der Waals surface area contributed by atoms with E-state index in [1.54, 1.807) is 13.0 Å². The van der Waals surface area contributed by atoms with Gasteiger partial charge in [0.25, 0.3) is 0 Å². The van der Waals surface area contributed by atoms with Crippen molar-refractivity contribution in [3.05, 3.63) is 23.2 Å². The van der Waals surface area contributed by atoms with E-state index in [-0.39, 0.29) is 18.4 Å². The average Bonchev–Trinajstić information content (AvgIpc) is 2.67. The number of nitrogens with one attached hydrogen (secondary N) is 1. The second-order valence-electron chi connectivity index (χ2n) is 4.15. The van der Waals surface area contributed by atoms with Gasteiger partial charge in [0.1, 0.15) is 5.76 Å². The number of aliphatic hydroxyl groups is 1. The van der Waals surface area contributed by atoms with E-state index in [4.69, 9.17) is 15.4 Å². The lowest BCUT2D eigenvalue weighted by molar-refractivity contribution is 0.0918. The maximum Gasteiger partial charge on any atom is 0.301 e. The zero-order valence-corrected chi connectivity index (χ0v) is 10.4. The van der Waals surface area contributed by atoms with Crippen molar-refractivity contribution in [2.24, 2.45) is 5.84 Å². The first-order valence-corrected chi connectivity index (χ1v) is 5.41. The Morgan fingerprint density at radius 1 is 1.71 bits per heavy atom. The quantitative estimate of drug-likeness (QED) is 0.383. The lowest BCUT2D eigenvalue weighted by Gasteiger charge is -2.21. The van der Waals surface area contributed by atoms with Crippen LogP contribution in [0.2, 0.25) is 0 Å². The van der Waals surface area contributed by atoms with Crippen LogP contribution < -0.4 is 11.3 Å². The maximum atomic E-state index is 11.3. The molecule has 0 bridgehead atoms. The summed E-state index contributed by atoms with van der Waals surface area (Å²) in [6, 6.07) is 1.83. The molecule has 0 aliphatic rings. The van der Waals surface area contributed by atoms with Gasteiger partial charge in [-0.15, -0.1) is 0 Å². The van der Waals surface area contributed by atoms with E-state index in [9.17, 15) is 4.79 Å². The zero-order chi connectivity index (χ0) is 13.0. The number of carbonyl (C=O) groups excluding carboxylic acids is 1. The summed E-state index contributed by atoms with van der Waals surface area (Å²) >= 11 is 0. The topological polar surface area (TPSA) is 91.7 Å². The molecule has 1 atom stereocenters. The molecule has 0 radical (unpaired) electrons. The van der Waals surface area contributed by atoms with Crippen molar-refractivity contribution in [2.75, 3.05) is 13.7 Å². The van der Waals surface area contributed by atoms with Crippen LogP contribution in [0.1, 0.15) is 28.8 Å². The highest BCUT2D eigenvalue weighted by Crippen LogP contribution is 2.16. The molecule has 0 fully saturated rings. The van der Waals surface area contributed by atoms with Crippen molar-refractivity contribution < 1.29 is 14.3 Å². The van der Waals surface area contributed by atoms with E-state index < -0.39 is 5.91 Å². The summed E-state index contributed by atoms with van der Waals surface area (Å²) in [5.74, 6) is 5.51. The molecule has 96 valence electrons. The van der Waals surface area contributed by atoms with Gasteiger partial charge in [-0.1, -0.05) is 0 Å². The van der Waals surface area contributed by atoms with Gasteiger partial charge in [0.05, 0.1) is 13.2 Å². The zero-order valence-electron chi connectivity index (χ0n) is 10.4. The number of furan rings is 1. The molecular formula is C11H19N3O3. The average molecular weight is 241 g/mol. The Kier molecular flexibility index (Phi) is 4.68. The SMILES string of the molecule is Cc1cc(CN(C)C(C)CO)oc1C(=O)NN. The van der Waals surface area contributed by atoms with E-state index >= 15 is 0 Å². The van der Waals surface area contributed by atoms with Crippen LogP contribution in [0, 0.1) is 6.92 Å². The standard InChI is InChI=1S/C11H19N3O3/c1-7-4-9(5-14(3)8(2)6-15)17-10(7)11(16)13-12/h4,8,15H,5-6,12H2,1-3H3,(H,13,16). The summed E-state index contributed by atoms with van der Waals surface area (Å²) in [5, 5.41) is 9.02. The maximum absolute atomic E-state index is 11.3. The van der Waals surface area contributed by atoms with Crippen LogP contribution in [-0.4, -0.2) is 35.6 Å². The number of nitrogens with two attached hydrogens (primary N) is 1. The number of likely N-dealkylation sites (N-methyl/N-ethyl adjacent to an activating group) is 1. The van der Waals surface area contributed by atoms with E-state index in [2.05, 4.69) is 0 Å². The highest BCUT2D eigenvalue weighted by molar-refractivity contribution is 5.92. The van der Waals surface area contributed by atoms with Crippen LogP contribution in [0.4, 0.5) is 0 Å². The monoisotopic (exact) mass is 241 g/mol. The van der Waals surface area contributed by atoms with Gasteiger partial charge in [0.2, 0.25) is 0 Å². The number of nitrogens with zero attached hydrogens (tertiary/aromatic N) is 1. The highest BCUT2D eigenvalue weighted by Gasteiger charge is 2.16. The normalized spacial score (nSPS) is 12.8. The van der Waals surface area contributed by atoms with Crippen molar-refractivity contribution in [1.82, 2.24) is 10.3 Å². The molecule has 4 N–H and O–H groups in total. The van der Waals surface area contributed by atoms with Gasteiger partial charge >= 0.3 is 5.91 Å². The summed E-state index contributed by atoms with van der Waals surface area (Å²) in [5.41, 5.74) is 2.78. The number of hydrazine groups is 1. The predicted molar refractivity (Wildman–Crippen MR) is 63.1 cm³/mol. The Labute approximate surface area is 100 Å². The summed E-state index contributed by atoms with van der Waals surface area (Å²) in [6.07, 6.45) is 0. The molecule has 0 aliphatic carbocycles. The van der Waals surface area contributed by atoms with Gasteiger partial charge in [-0.25, -0.2) is 5.84 Å². The molecule has 0 spiro atoms. The fraction of sp³-hybridized carbons (Fsp3) is 0.545. The van der Waals surface area contributed by atoms with Gasteiger partial charge in [0.15, 0.2) is 5.76 Å². The minimum Gasteiger partial charge on any atom is -0.454 e. The summed E-state index contributed by atoms with van der Waals surface area (Å²) < 4.78 is 5.42. The third kappa shape index (κ3) is 3.29. The Balaban J connectivity index is 2.77. The molecule has 6 heteroatoms. The molecule has 1 heterocycles. The van der Waals surface area contributed by atoms with Crippen molar-refractivity contribution in [3.63, 3.8) is 0 Å². The number of nitrogen functional groups attached to an aromatic ring is 1. The first-order valence-electron chi connectivity index (χ1n) is 5.41. The molecule has 6 nitrogen and oxygen atoms in total. The van der Waals surface area contributed by atoms with Crippen molar-refractivity contribution >= 4 is 5.91 Å². The van der Waals surface area contributed by atoms with Crippen LogP contribution in [0.3, 0.4) is 0 Å².